The number of ether oxygens (including phenoxy) is 2. The number of furan rings is 1. The maximum absolute atomic E-state index is 13.4. The predicted molar refractivity (Wildman–Crippen MR) is 124 cm³/mol. The molecule has 34 heavy (non-hydrogen) atoms. The number of thiazole rings is 1. The Kier molecular flexibility index (Phi) is 7.33. The van der Waals surface area contributed by atoms with Gasteiger partial charge in [0.15, 0.2) is 5.57 Å². The third kappa shape index (κ3) is 4.92. The first-order valence-corrected chi connectivity index (χ1v) is 10.9. The molecule has 0 atom stereocenters. The van der Waals surface area contributed by atoms with Gasteiger partial charge in [-0.05, 0) is 32.9 Å². The standard InChI is InChI=1S/C23H22N4O6S/c1-12(2)26-20(28)17(10-24)22-27(14-6-7-19(31-4)25-11-14)21(29)18(34-22)9-15-8-16(13(3)33-15)23(30)32-5/h6-9,11-12H,1-5H3,(H,26,28)/b18-9-,22-17-. The summed E-state index contributed by atoms with van der Waals surface area (Å²) in [5, 5.41) is 12.4. The Hall–Kier alpha value is -4.17. The van der Waals surface area contributed by atoms with Crippen molar-refractivity contribution < 1.29 is 23.5 Å². The highest BCUT2D eigenvalue weighted by Crippen LogP contribution is 2.16. The summed E-state index contributed by atoms with van der Waals surface area (Å²) in [7, 11) is 2.72. The van der Waals surface area contributed by atoms with Crippen LogP contribution in [0.15, 0.2) is 33.6 Å². The first-order chi connectivity index (χ1) is 16.2. The molecule has 3 rings (SSSR count). The Labute approximate surface area is 198 Å². The van der Waals surface area contributed by atoms with E-state index in [-0.39, 0.29) is 32.1 Å². The molecule has 0 bridgehead atoms. The monoisotopic (exact) mass is 482 g/mol. The summed E-state index contributed by atoms with van der Waals surface area (Å²) in [6, 6.07) is 6.30. The van der Waals surface area contributed by atoms with E-state index in [1.807, 2.05) is 6.07 Å². The van der Waals surface area contributed by atoms with Crippen molar-refractivity contribution >= 4 is 34.9 Å². The number of hydrogen-bond acceptors (Lipinski definition) is 9. The summed E-state index contributed by atoms with van der Waals surface area (Å²) in [6.07, 6.45) is 2.85. The Bertz CT molecular complexity index is 1450. The molecule has 0 radical (unpaired) electrons. The van der Waals surface area contributed by atoms with Crippen molar-refractivity contribution in [1.29, 1.82) is 5.26 Å². The Morgan fingerprint density at radius 1 is 1.32 bits per heavy atom. The van der Waals surface area contributed by atoms with Crippen LogP contribution in [0.1, 0.15) is 35.7 Å². The van der Waals surface area contributed by atoms with Crippen molar-refractivity contribution in [3.8, 4) is 17.6 Å². The van der Waals surface area contributed by atoms with Gasteiger partial charge in [0.2, 0.25) is 5.88 Å². The SMILES string of the molecule is COC(=O)c1cc(/C=c2\s/c(=C(/C#N)C(=O)NC(C)C)n(-c3ccc(OC)nc3)c2=O)oc1C. The second-order valence-electron chi connectivity index (χ2n) is 7.34. The number of rotatable bonds is 6. The fourth-order valence-corrected chi connectivity index (χ4v) is 4.14. The summed E-state index contributed by atoms with van der Waals surface area (Å²) in [4.78, 5) is 42.1. The van der Waals surface area contributed by atoms with Gasteiger partial charge in [-0.15, -0.1) is 11.3 Å². The molecule has 0 aromatic carbocycles. The predicted octanol–water partition coefficient (Wildman–Crippen LogP) is 1.02. The lowest BCUT2D eigenvalue weighted by Crippen LogP contribution is -2.36. The lowest BCUT2D eigenvalue weighted by Gasteiger charge is -2.08. The van der Waals surface area contributed by atoms with E-state index in [0.29, 0.717) is 17.3 Å². The Morgan fingerprint density at radius 2 is 2.06 bits per heavy atom. The smallest absolute Gasteiger partial charge is 0.341 e. The summed E-state index contributed by atoms with van der Waals surface area (Å²) in [5.74, 6) is -0.269. The number of carbonyl (C=O) groups excluding carboxylic acids is 2. The second kappa shape index (κ2) is 10.2. The number of nitriles is 1. The van der Waals surface area contributed by atoms with Crippen LogP contribution in [-0.2, 0) is 9.53 Å². The minimum Gasteiger partial charge on any atom is -0.481 e. The maximum atomic E-state index is 13.4. The molecule has 11 heteroatoms. The Balaban J connectivity index is 2.32. The van der Waals surface area contributed by atoms with Gasteiger partial charge in [0.1, 0.15) is 27.8 Å². The topological polar surface area (TPSA) is 136 Å². The highest BCUT2D eigenvalue weighted by atomic mass is 32.1. The van der Waals surface area contributed by atoms with Gasteiger partial charge in [-0.2, -0.15) is 5.26 Å². The molecule has 1 N–H and O–H groups in total. The molecule has 3 aromatic rings. The first-order valence-electron chi connectivity index (χ1n) is 10.1. The van der Waals surface area contributed by atoms with Crippen molar-refractivity contribution in [2.75, 3.05) is 14.2 Å². The number of methoxy groups -OCH3 is 2. The number of nitrogens with zero attached hydrogens (tertiary/aromatic N) is 3. The van der Waals surface area contributed by atoms with E-state index in [1.54, 1.807) is 32.9 Å². The van der Waals surface area contributed by atoms with Gasteiger partial charge in [0, 0.05) is 18.2 Å². The van der Waals surface area contributed by atoms with Crippen molar-refractivity contribution in [1.82, 2.24) is 14.9 Å². The molecular weight excluding hydrogens is 460 g/mol. The van der Waals surface area contributed by atoms with Crippen LogP contribution < -0.4 is 24.8 Å². The third-order valence-corrected chi connectivity index (χ3v) is 5.69. The molecule has 1 amide bonds. The zero-order chi connectivity index (χ0) is 25.0. The zero-order valence-corrected chi connectivity index (χ0v) is 20.0. The molecule has 10 nitrogen and oxygen atoms in total. The van der Waals surface area contributed by atoms with Gasteiger partial charge < -0.3 is 19.2 Å². The minimum absolute atomic E-state index is 0.125. The number of esters is 1. The molecule has 0 aliphatic carbocycles. The third-order valence-electron chi connectivity index (χ3n) is 4.60. The fraction of sp³-hybridized carbons (Fsp3) is 0.261. The number of nitrogens with one attached hydrogen (secondary N) is 1. The molecule has 0 unspecified atom stereocenters. The minimum atomic E-state index is -0.609. The van der Waals surface area contributed by atoms with Gasteiger partial charge in [0.05, 0.1) is 30.6 Å². The highest BCUT2D eigenvalue weighted by molar-refractivity contribution is 7.07. The molecular formula is C23H22N4O6S. The number of hydrogen-bond donors (Lipinski definition) is 1. The van der Waals surface area contributed by atoms with Crippen molar-refractivity contribution in [3.63, 3.8) is 0 Å². The summed E-state index contributed by atoms with van der Waals surface area (Å²) in [6.45, 7) is 5.13. The molecule has 0 saturated carbocycles. The molecule has 0 aliphatic heterocycles. The lowest BCUT2D eigenvalue weighted by atomic mass is 10.2. The van der Waals surface area contributed by atoms with E-state index in [1.165, 1.54) is 37.1 Å². The van der Waals surface area contributed by atoms with Gasteiger partial charge >= 0.3 is 5.97 Å². The highest BCUT2D eigenvalue weighted by Gasteiger charge is 2.19. The van der Waals surface area contributed by atoms with Crippen molar-refractivity contribution in [2.45, 2.75) is 26.8 Å². The quantitative estimate of drug-likeness (QED) is 0.514. The molecule has 0 aliphatic rings. The van der Waals surface area contributed by atoms with E-state index in [2.05, 4.69) is 10.3 Å². The molecule has 0 saturated heterocycles. The van der Waals surface area contributed by atoms with E-state index >= 15 is 0 Å². The van der Waals surface area contributed by atoms with Crippen LogP contribution in [0.25, 0.3) is 17.3 Å². The second-order valence-corrected chi connectivity index (χ2v) is 8.37. The number of carbonyl (C=O) groups is 2. The van der Waals surface area contributed by atoms with E-state index < -0.39 is 17.4 Å². The van der Waals surface area contributed by atoms with E-state index in [0.717, 1.165) is 11.3 Å². The molecule has 0 fully saturated rings. The van der Waals surface area contributed by atoms with Crippen LogP contribution in [-0.4, -0.2) is 41.7 Å². The first kappa shape index (κ1) is 24.5. The number of aryl methyl sites for hydroxylation is 1. The largest absolute Gasteiger partial charge is 0.481 e. The zero-order valence-electron chi connectivity index (χ0n) is 19.2. The van der Waals surface area contributed by atoms with Crippen LogP contribution in [0.2, 0.25) is 0 Å². The van der Waals surface area contributed by atoms with Crippen LogP contribution in [0.5, 0.6) is 5.88 Å². The van der Waals surface area contributed by atoms with Crippen LogP contribution in [0.3, 0.4) is 0 Å². The van der Waals surface area contributed by atoms with Crippen LogP contribution in [0, 0.1) is 18.3 Å². The fourth-order valence-electron chi connectivity index (χ4n) is 3.06. The number of amides is 1. The van der Waals surface area contributed by atoms with Crippen LogP contribution >= 0.6 is 11.3 Å². The Morgan fingerprint density at radius 3 is 2.62 bits per heavy atom. The van der Waals surface area contributed by atoms with E-state index in [9.17, 15) is 19.6 Å². The molecule has 3 aromatic heterocycles. The summed E-state index contributed by atoms with van der Waals surface area (Å²) in [5.41, 5.74) is -0.152. The number of pyridine rings is 1. The lowest BCUT2D eigenvalue weighted by molar-refractivity contribution is -0.116. The average Bonchev–Trinajstić information content (AvgIpc) is 3.33. The van der Waals surface area contributed by atoms with Gasteiger partial charge in [-0.25, -0.2) is 9.78 Å². The summed E-state index contributed by atoms with van der Waals surface area (Å²) >= 11 is 0.942. The van der Waals surface area contributed by atoms with Gasteiger partial charge in [-0.3, -0.25) is 14.2 Å². The molecule has 176 valence electrons. The number of aromatic nitrogens is 2. The normalized spacial score (nSPS) is 12.3. The van der Waals surface area contributed by atoms with E-state index in [4.69, 9.17) is 13.9 Å². The average molecular weight is 483 g/mol. The van der Waals surface area contributed by atoms with Crippen molar-refractivity contribution in [3.05, 3.63) is 61.0 Å². The summed E-state index contributed by atoms with van der Waals surface area (Å²) < 4.78 is 16.9. The van der Waals surface area contributed by atoms with Crippen LogP contribution in [0.4, 0.5) is 0 Å². The van der Waals surface area contributed by atoms with Gasteiger partial charge in [-0.1, -0.05) is 0 Å². The van der Waals surface area contributed by atoms with Gasteiger partial charge in [0.25, 0.3) is 11.5 Å². The van der Waals surface area contributed by atoms with Crippen molar-refractivity contribution in [2.24, 2.45) is 0 Å². The molecule has 3 heterocycles. The molecule has 0 spiro atoms. The maximum Gasteiger partial charge on any atom is 0.341 e.